The number of carbonyl (C=O) groups excluding carboxylic acids is 1. The third-order valence-electron chi connectivity index (χ3n) is 3.56. The van der Waals surface area contributed by atoms with Crippen LogP contribution in [0.3, 0.4) is 0 Å². The van der Waals surface area contributed by atoms with E-state index in [1.54, 1.807) is 4.90 Å². The van der Waals surface area contributed by atoms with E-state index in [1.807, 2.05) is 19.9 Å². The molecule has 1 aromatic rings. The second-order valence-electron chi connectivity index (χ2n) is 5.21. The lowest BCUT2D eigenvalue weighted by Gasteiger charge is -2.15. The van der Waals surface area contributed by atoms with Gasteiger partial charge in [0.05, 0.1) is 24.8 Å². The number of rotatable bonds is 6. The Morgan fingerprint density at radius 1 is 1.60 bits per heavy atom. The second kappa shape index (κ2) is 6.85. The number of ether oxygens (including phenoxy) is 1. The monoisotopic (exact) mass is 282 g/mol. The highest BCUT2D eigenvalue weighted by Crippen LogP contribution is 2.22. The summed E-state index contributed by atoms with van der Waals surface area (Å²) in [6.45, 7) is 5.77. The van der Waals surface area contributed by atoms with Gasteiger partial charge in [0.25, 0.3) is 0 Å². The summed E-state index contributed by atoms with van der Waals surface area (Å²) in [6, 6.07) is 1.87. The molecule has 1 fully saturated rings. The predicted octanol–water partition coefficient (Wildman–Crippen LogP) is 0.771. The number of β-amino-alcohol motifs (C(OH)–C–C–N with tert-alkyl or cyclic N) is 1. The van der Waals surface area contributed by atoms with Crippen LogP contribution in [0.15, 0.2) is 10.6 Å². The molecule has 2 atom stereocenters. The van der Waals surface area contributed by atoms with Crippen molar-refractivity contribution in [3.63, 3.8) is 0 Å². The Balaban J connectivity index is 1.83. The van der Waals surface area contributed by atoms with Crippen molar-refractivity contribution < 1.29 is 19.2 Å². The molecule has 1 saturated heterocycles. The number of hydrogen-bond acceptors (Lipinski definition) is 5. The van der Waals surface area contributed by atoms with Crippen LogP contribution in [-0.2, 0) is 16.0 Å². The van der Waals surface area contributed by atoms with E-state index in [-0.39, 0.29) is 11.8 Å². The number of aryl methyl sites for hydroxylation is 1. The van der Waals surface area contributed by atoms with Crippen LogP contribution in [0.4, 0.5) is 0 Å². The summed E-state index contributed by atoms with van der Waals surface area (Å²) < 4.78 is 10.3. The largest absolute Gasteiger partial charge is 0.391 e. The molecule has 1 aromatic heterocycles. The quantitative estimate of drug-likeness (QED) is 0.780. The number of aliphatic hydroxyl groups is 1. The summed E-state index contributed by atoms with van der Waals surface area (Å²) in [6.07, 6.45) is 0.475. The van der Waals surface area contributed by atoms with Crippen molar-refractivity contribution in [1.82, 2.24) is 10.1 Å². The first-order chi connectivity index (χ1) is 9.60. The fourth-order valence-corrected chi connectivity index (χ4v) is 2.49. The van der Waals surface area contributed by atoms with Gasteiger partial charge >= 0.3 is 0 Å². The minimum Gasteiger partial charge on any atom is -0.391 e. The van der Waals surface area contributed by atoms with Crippen molar-refractivity contribution >= 4 is 5.91 Å². The van der Waals surface area contributed by atoms with Crippen molar-refractivity contribution in [2.75, 3.05) is 26.3 Å². The SMILES string of the molecule is CCOCCC(=O)N1C[C@@H](Cc2cc(C)no2)[C@H](O)C1. The van der Waals surface area contributed by atoms with Crippen molar-refractivity contribution in [2.45, 2.75) is 32.8 Å². The van der Waals surface area contributed by atoms with E-state index < -0.39 is 6.10 Å². The predicted molar refractivity (Wildman–Crippen MR) is 72.1 cm³/mol. The molecule has 112 valence electrons. The van der Waals surface area contributed by atoms with E-state index in [2.05, 4.69) is 5.16 Å². The molecule has 1 aliphatic heterocycles. The van der Waals surface area contributed by atoms with Crippen LogP contribution < -0.4 is 0 Å². The second-order valence-corrected chi connectivity index (χ2v) is 5.21. The molecule has 1 aliphatic rings. The summed E-state index contributed by atoms with van der Waals surface area (Å²) in [5.41, 5.74) is 0.831. The van der Waals surface area contributed by atoms with Crippen LogP contribution >= 0.6 is 0 Å². The molecule has 2 heterocycles. The van der Waals surface area contributed by atoms with Crippen molar-refractivity contribution in [3.8, 4) is 0 Å². The molecule has 1 amide bonds. The van der Waals surface area contributed by atoms with Crippen molar-refractivity contribution in [3.05, 3.63) is 17.5 Å². The summed E-state index contributed by atoms with van der Waals surface area (Å²) >= 11 is 0. The molecular formula is C14H22N2O4. The first-order valence-corrected chi connectivity index (χ1v) is 7.06. The molecule has 6 nitrogen and oxygen atoms in total. The Hall–Kier alpha value is -1.40. The van der Waals surface area contributed by atoms with Gasteiger partial charge < -0.3 is 19.3 Å². The van der Waals surface area contributed by atoms with Crippen molar-refractivity contribution in [1.29, 1.82) is 0 Å². The van der Waals surface area contributed by atoms with Gasteiger partial charge in [-0.3, -0.25) is 4.79 Å². The molecular weight excluding hydrogens is 260 g/mol. The number of likely N-dealkylation sites (tertiary alicyclic amines) is 1. The normalized spacial score (nSPS) is 22.4. The maximum atomic E-state index is 12.0. The first-order valence-electron chi connectivity index (χ1n) is 7.06. The average Bonchev–Trinajstić information content (AvgIpc) is 2.97. The molecule has 0 aromatic carbocycles. The van der Waals surface area contributed by atoms with E-state index in [4.69, 9.17) is 9.26 Å². The highest BCUT2D eigenvalue weighted by Gasteiger charge is 2.34. The summed E-state index contributed by atoms with van der Waals surface area (Å²) in [5, 5.41) is 13.9. The highest BCUT2D eigenvalue weighted by atomic mass is 16.5. The maximum absolute atomic E-state index is 12.0. The zero-order valence-electron chi connectivity index (χ0n) is 12.0. The molecule has 1 N–H and O–H groups in total. The van der Waals surface area contributed by atoms with E-state index in [1.165, 1.54) is 0 Å². The summed E-state index contributed by atoms with van der Waals surface area (Å²) in [7, 11) is 0. The first kappa shape index (κ1) is 15.0. The minimum atomic E-state index is -0.503. The van der Waals surface area contributed by atoms with Gasteiger partial charge in [0.1, 0.15) is 5.76 Å². The van der Waals surface area contributed by atoms with Crippen LogP contribution in [0.1, 0.15) is 24.8 Å². The molecule has 6 heteroatoms. The number of nitrogens with zero attached hydrogens (tertiary/aromatic N) is 2. The van der Waals surface area contributed by atoms with Gasteiger partial charge in [-0.15, -0.1) is 0 Å². The highest BCUT2D eigenvalue weighted by molar-refractivity contribution is 5.76. The number of aromatic nitrogens is 1. The van der Waals surface area contributed by atoms with E-state index in [0.29, 0.717) is 39.1 Å². The average molecular weight is 282 g/mol. The topological polar surface area (TPSA) is 75.8 Å². The molecule has 0 bridgehead atoms. The lowest BCUT2D eigenvalue weighted by Crippen LogP contribution is -2.30. The maximum Gasteiger partial charge on any atom is 0.224 e. The summed E-state index contributed by atoms with van der Waals surface area (Å²) in [5.74, 6) is 0.808. The zero-order valence-corrected chi connectivity index (χ0v) is 12.0. The van der Waals surface area contributed by atoms with Crippen LogP contribution in [0.2, 0.25) is 0 Å². The Morgan fingerprint density at radius 3 is 3.05 bits per heavy atom. The van der Waals surface area contributed by atoms with Gasteiger partial charge in [-0.25, -0.2) is 0 Å². The number of amides is 1. The fourth-order valence-electron chi connectivity index (χ4n) is 2.49. The smallest absolute Gasteiger partial charge is 0.224 e. The number of carbonyl (C=O) groups is 1. The zero-order chi connectivity index (χ0) is 14.5. The third-order valence-corrected chi connectivity index (χ3v) is 3.56. The molecule has 0 radical (unpaired) electrons. The minimum absolute atomic E-state index is 0.0124. The Labute approximate surface area is 118 Å². The van der Waals surface area contributed by atoms with Crippen LogP contribution in [0.5, 0.6) is 0 Å². The van der Waals surface area contributed by atoms with Crippen molar-refractivity contribution in [2.24, 2.45) is 5.92 Å². The lowest BCUT2D eigenvalue weighted by atomic mass is 10.0. The summed E-state index contributed by atoms with van der Waals surface area (Å²) in [4.78, 5) is 13.7. The van der Waals surface area contributed by atoms with Gasteiger partial charge in [0.2, 0.25) is 5.91 Å². The molecule has 0 unspecified atom stereocenters. The number of hydrogen-bond donors (Lipinski definition) is 1. The van der Waals surface area contributed by atoms with Crippen LogP contribution in [0, 0.1) is 12.8 Å². The van der Waals surface area contributed by atoms with Gasteiger partial charge in [0.15, 0.2) is 0 Å². The number of aliphatic hydroxyl groups excluding tert-OH is 1. The van der Waals surface area contributed by atoms with Gasteiger partial charge in [-0.2, -0.15) is 0 Å². The third kappa shape index (κ3) is 3.80. The van der Waals surface area contributed by atoms with E-state index in [0.717, 1.165) is 11.5 Å². The van der Waals surface area contributed by atoms with Gasteiger partial charge in [0, 0.05) is 38.1 Å². The molecule has 20 heavy (non-hydrogen) atoms. The molecule has 2 rings (SSSR count). The Bertz CT molecular complexity index is 446. The lowest BCUT2D eigenvalue weighted by molar-refractivity contribution is -0.131. The van der Waals surface area contributed by atoms with E-state index in [9.17, 15) is 9.90 Å². The van der Waals surface area contributed by atoms with Crippen LogP contribution in [-0.4, -0.2) is 53.5 Å². The molecule has 0 aliphatic carbocycles. The van der Waals surface area contributed by atoms with E-state index >= 15 is 0 Å². The Morgan fingerprint density at radius 2 is 2.40 bits per heavy atom. The Kier molecular flexibility index (Phi) is 5.14. The fraction of sp³-hybridized carbons (Fsp3) is 0.714. The van der Waals surface area contributed by atoms with Gasteiger partial charge in [-0.1, -0.05) is 5.16 Å². The standard InChI is InChI=1S/C14H22N2O4/c1-3-19-5-4-14(18)16-8-11(13(17)9-16)7-12-6-10(2)15-20-12/h6,11,13,17H,3-5,7-9H2,1-2H3/t11-,13-/m1/s1. The van der Waals surface area contributed by atoms with Crippen LogP contribution in [0.25, 0.3) is 0 Å². The van der Waals surface area contributed by atoms with Gasteiger partial charge in [-0.05, 0) is 13.8 Å². The molecule has 0 saturated carbocycles. The molecule has 0 spiro atoms.